The Morgan fingerprint density at radius 3 is 1.38 bits per heavy atom. The monoisotopic (exact) mass is 2060 g/mol. The molecule has 0 radical (unpaired) electrons. The van der Waals surface area contributed by atoms with Crippen LogP contribution >= 0.6 is 86.4 Å². The SMILES string of the molecule is BrCc1ccccc1.CC1(C)OB(c2cccn(Cc3ccccc3)c2=O)OC1(C)C.CCCS(=O)(=O)C(C(=O)NCC(=O)NC1CC1)c1nc2cc(F)c(Br)cc2s1.O=C(CNC(=O)C(c1nc2cc(F)c(-c3cccn(Cc4ccccc4)c3=O)cc2s1)S(=O)(=O)CCC(F)(F)F)NC1CC1.O=c1[nH]cccc1Br.O=c1c(Br)cccn1Cc1ccccc1. The molecule has 6 aromatic carbocycles. The maximum absolute atomic E-state index is 15.4. The van der Waals surface area contributed by atoms with Crippen molar-refractivity contribution >= 4 is 163 Å². The molecule has 12 aromatic rings. The Balaban J connectivity index is 0.000000174. The van der Waals surface area contributed by atoms with E-state index in [1.54, 1.807) is 71.2 Å². The van der Waals surface area contributed by atoms with Crippen molar-refractivity contribution in [2.45, 2.75) is 138 Å². The van der Waals surface area contributed by atoms with Crippen molar-refractivity contribution in [1.29, 1.82) is 0 Å². The number of hydrogen-bond donors (Lipinski definition) is 5. The maximum Gasteiger partial charge on any atom is 0.500 e. The van der Waals surface area contributed by atoms with Gasteiger partial charge in [-0.15, -0.1) is 22.7 Å². The van der Waals surface area contributed by atoms with Crippen molar-refractivity contribution in [3.05, 3.63) is 318 Å². The summed E-state index contributed by atoms with van der Waals surface area (Å²) in [7, 11) is -9.27. The van der Waals surface area contributed by atoms with E-state index in [-0.39, 0.29) is 89.9 Å². The maximum atomic E-state index is 15.4. The van der Waals surface area contributed by atoms with Crippen molar-refractivity contribution in [2.75, 3.05) is 24.6 Å². The lowest BCUT2D eigenvalue weighted by Gasteiger charge is -2.32. The Morgan fingerprint density at radius 2 is 0.952 bits per heavy atom. The number of carbonyl (C=O) groups excluding carboxylic acids is 4. The van der Waals surface area contributed by atoms with Gasteiger partial charge < -0.3 is 49.3 Å². The molecule has 1 aliphatic heterocycles. The number of aromatic nitrogens is 6. The Kier molecular flexibility index (Phi) is 35.0. The van der Waals surface area contributed by atoms with Gasteiger partial charge in [0, 0.05) is 65.4 Å². The molecule has 664 valence electrons. The molecule has 24 nitrogen and oxygen atoms in total. The van der Waals surface area contributed by atoms with E-state index >= 15 is 4.39 Å². The summed E-state index contributed by atoms with van der Waals surface area (Å²) in [5.74, 6) is -5.96. The number of pyridine rings is 4. The van der Waals surface area contributed by atoms with E-state index in [1.165, 1.54) is 34.4 Å². The summed E-state index contributed by atoms with van der Waals surface area (Å²) in [6.07, 6.45) is 3.90. The molecule has 5 N–H and O–H groups in total. The fourth-order valence-electron chi connectivity index (χ4n) is 12.1. The fourth-order valence-corrected chi connectivity index (χ4v) is 19.9. The third-order valence-corrected chi connectivity index (χ3v) is 28.7. The second-order valence-electron chi connectivity index (χ2n) is 30.2. The van der Waals surface area contributed by atoms with Crippen LogP contribution in [0, 0.1) is 11.6 Å². The molecule has 4 amide bonds. The van der Waals surface area contributed by atoms with Gasteiger partial charge in [0.15, 0.2) is 30.2 Å². The van der Waals surface area contributed by atoms with Crippen molar-refractivity contribution in [3.8, 4) is 11.1 Å². The molecule has 2 atom stereocenters. The summed E-state index contributed by atoms with van der Waals surface area (Å²) in [6.45, 7) is 10.1. The van der Waals surface area contributed by atoms with Crippen LogP contribution in [0.5, 0.6) is 0 Å². The Bertz CT molecular complexity index is 6240. The summed E-state index contributed by atoms with van der Waals surface area (Å²) in [5.41, 5.74) is 3.50. The Morgan fingerprint density at radius 1 is 0.532 bits per heavy atom. The standard InChI is InChI=1S/C29H26F4N4O5S2.C18H22BNO3.C17H19BrFN3O4S2.C12H10BrNO.C7H7Br.C5H4BrNO/c30-21-14-22-23(13-20(21)19-7-4-11-37(28(19)40)16-17-5-2-1-3-6-17)43-27(36-22)25(44(41,42)12-10-29(31,32)33)26(39)34-15-24(38)35-18-8-9-18;1-17(2)18(3,4)23-19(22-17)15-11-8-12-20(16(15)21)13-14-9-6-5-7-10-14;1-2-5-28(25,26)15(16(24)20-8-14(23)21-9-3-4-9)17-22-12-7-11(19)10(18)6-13(12)27-17;13-11-7-4-8-14(12(11)15)9-10-5-2-1-3-6-10;8-6-7-4-2-1-3-5-7;6-4-2-1-3-7-5(4)8/h1-7,11,13-14,18,25H,8-10,12,15-16H2,(H,34,39)(H,35,38);5-12H,13H2,1-4H3;6-7,9,15H,2-5,8H2,1H3,(H,20,24)(H,21,23);1-8H,9H2;1-5H,6H2;1-3H,(H,7,8). The highest BCUT2D eigenvalue weighted by atomic mass is 79.9. The minimum absolute atomic E-state index is 0.00125. The third-order valence-electron chi connectivity index (χ3n) is 19.7. The number of benzene rings is 6. The molecule has 6 aromatic heterocycles. The number of halogens is 9. The molecule has 0 spiro atoms. The molecule has 2 aliphatic carbocycles. The van der Waals surface area contributed by atoms with E-state index in [0.29, 0.717) is 50.0 Å². The van der Waals surface area contributed by atoms with Gasteiger partial charge in [-0.25, -0.2) is 35.6 Å². The number of alkyl halides is 4. The number of hydrogen-bond acceptors (Lipinski definition) is 18. The average Bonchev–Trinajstić information content (AvgIpc) is 1.59. The van der Waals surface area contributed by atoms with Crippen molar-refractivity contribution in [1.82, 2.24) is 49.9 Å². The summed E-state index contributed by atoms with van der Waals surface area (Å²) >= 11 is 14.4. The van der Waals surface area contributed by atoms with Crippen molar-refractivity contribution < 1.29 is 67.3 Å². The number of aromatic amines is 1. The molecule has 38 heteroatoms. The molecule has 15 rings (SSSR count). The van der Waals surface area contributed by atoms with Gasteiger partial charge in [-0.1, -0.05) is 150 Å². The molecular formula is C88H88BBr4F5N10O14S4. The first-order chi connectivity index (χ1) is 59.8. The molecule has 3 aliphatic rings. The number of H-pyrrole nitrogens is 1. The highest BCUT2D eigenvalue weighted by Gasteiger charge is 2.53. The largest absolute Gasteiger partial charge is 0.500 e. The van der Waals surface area contributed by atoms with Crippen LogP contribution in [-0.2, 0) is 73.1 Å². The normalized spacial score (nSPS) is 14.3. The smallest absolute Gasteiger partial charge is 0.399 e. The lowest BCUT2D eigenvalue weighted by molar-refractivity contribution is -0.130. The third kappa shape index (κ3) is 28.4. The number of rotatable bonds is 25. The van der Waals surface area contributed by atoms with Gasteiger partial charge in [0.2, 0.25) is 23.6 Å². The lowest BCUT2D eigenvalue weighted by Crippen LogP contribution is -2.47. The number of fused-ring (bicyclic) bond motifs is 2. The van der Waals surface area contributed by atoms with Gasteiger partial charge in [0.05, 0.1) is 101 Å². The number of thiazole rings is 2. The van der Waals surface area contributed by atoms with Crippen LogP contribution in [0.1, 0.15) is 116 Å². The minimum Gasteiger partial charge on any atom is -0.399 e. The minimum atomic E-state index is -4.81. The number of nitrogens with one attached hydrogen (secondary N) is 5. The highest BCUT2D eigenvalue weighted by Crippen LogP contribution is 2.39. The van der Waals surface area contributed by atoms with E-state index in [1.807, 2.05) is 149 Å². The van der Waals surface area contributed by atoms with E-state index in [2.05, 4.69) is 112 Å². The first-order valence-electron chi connectivity index (χ1n) is 39.5. The fraction of sp³-hybridized carbons (Fsp3) is 0.295. The van der Waals surface area contributed by atoms with E-state index in [0.717, 1.165) is 65.1 Å². The van der Waals surface area contributed by atoms with Gasteiger partial charge in [0.1, 0.15) is 21.6 Å². The molecule has 2 saturated carbocycles. The van der Waals surface area contributed by atoms with Gasteiger partial charge in [-0.2, -0.15) is 13.2 Å². The molecule has 3 fully saturated rings. The number of carbonyl (C=O) groups is 4. The zero-order valence-corrected chi connectivity index (χ0v) is 78.2. The first kappa shape index (κ1) is 98.4. The molecule has 126 heavy (non-hydrogen) atoms. The summed E-state index contributed by atoms with van der Waals surface area (Å²) in [6, 6.07) is 58.0. The summed E-state index contributed by atoms with van der Waals surface area (Å²) in [4.78, 5) is 109. The predicted molar refractivity (Wildman–Crippen MR) is 494 cm³/mol. The topological polar surface area (TPSA) is 328 Å². The van der Waals surface area contributed by atoms with Gasteiger partial charge >= 0.3 is 13.3 Å². The average molecular weight is 2060 g/mol. The van der Waals surface area contributed by atoms with Crippen molar-refractivity contribution in [2.24, 2.45) is 0 Å². The summed E-state index contributed by atoms with van der Waals surface area (Å²) in [5, 5.41) is 6.81. The quantitative estimate of drug-likeness (QED) is 0.0202. The Hall–Kier alpha value is -9.77. The van der Waals surface area contributed by atoms with Gasteiger partial charge in [-0.3, -0.25) is 38.4 Å². The molecular weight excluding hydrogens is 1970 g/mol. The summed E-state index contributed by atoms with van der Waals surface area (Å²) < 4.78 is 139. The van der Waals surface area contributed by atoms with Crippen LogP contribution in [0.2, 0.25) is 0 Å². The van der Waals surface area contributed by atoms with Gasteiger partial charge in [-0.05, 0) is 184 Å². The van der Waals surface area contributed by atoms with E-state index in [4.69, 9.17) is 9.31 Å². The van der Waals surface area contributed by atoms with Crippen LogP contribution in [0.4, 0.5) is 22.0 Å². The second-order valence-corrected chi connectivity index (χ2v) is 39.8. The van der Waals surface area contributed by atoms with Crippen LogP contribution in [0.25, 0.3) is 31.6 Å². The highest BCUT2D eigenvalue weighted by molar-refractivity contribution is 9.11. The molecule has 2 unspecified atom stereocenters. The first-order valence-corrected chi connectivity index (χ1v) is 48.0. The van der Waals surface area contributed by atoms with Crippen LogP contribution in [-0.4, -0.2) is 130 Å². The van der Waals surface area contributed by atoms with Crippen LogP contribution in [0.15, 0.2) is 252 Å². The number of amides is 4. The van der Waals surface area contributed by atoms with Crippen LogP contribution in [0.3, 0.4) is 0 Å². The zero-order valence-electron chi connectivity index (χ0n) is 68.6. The molecule has 1 saturated heterocycles. The number of nitrogens with zero attached hydrogens (tertiary/aromatic N) is 5. The van der Waals surface area contributed by atoms with Crippen LogP contribution < -0.4 is 49.0 Å². The predicted octanol–water partition coefficient (Wildman–Crippen LogP) is 15.1. The molecule has 7 heterocycles. The molecule has 0 bridgehead atoms. The lowest BCUT2D eigenvalue weighted by atomic mass is 9.80. The Labute approximate surface area is 765 Å². The van der Waals surface area contributed by atoms with E-state index in [9.17, 15) is 72.8 Å². The second kappa shape index (κ2) is 44.8. The zero-order chi connectivity index (χ0) is 91.3. The van der Waals surface area contributed by atoms with Gasteiger partial charge in [0.25, 0.3) is 22.2 Å². The van der Waals surface area contributed by atoms with Crippen molar-refractivity contribution in [3.63, 3.8) is 0 Å². The van der Waals surface area contributed by atoms with E-state index < -0.39 is 113 Å². The number of sulfone groups is 2.